The van der Waals surface area contributed by atoms with Crippen molar-refractivity contribution in [1.82, 2.24) is 0 Å². The summed E-state index contributed by atoms with van der Waals surface area (Å²) in [5.74, 6) is 0.289. The average Bonchev–Trinajstić information content (AvgIpc) is 2.46. The second-order valence-corrected chi connectivity index (χ2v) is 5.32. The van der Waals surface area contributed by atoms with E-state index in [0.717, 1.165) is 31.2 Å². The highest BCUT2D eigenvalue weighted by Gasteiger charge is 2.23. The van der Waals surface area contributed by atoms with E-state index >= 15 is 0 Å². The Morgan fingerprint density at radius 1 is 1.35 bits per heavy atom. The lowest BCUT2D eigenvalue weighted by Crippen LogP contribution is -2.23. The normalized spacial score (nSPS) is 15.8. The number of nitro groups is 1. The van der Waals surface area contributed by atoms with Gasteiger partial charge < -0.3 is 4.74 Å². The molecule has 108 valence electrons. The van der Waals surface area contributed by atoms with Crippen LogP contribution >= 0.6 is 0 Å². The predicted molar refractivity (Wildman–Crippen MR) is 74.9 cm³/mol. The zero-order valence-corrected chi connectivity index (χ0v) is 11.6. The summed E-state index contributed by atoms with van der Waals surface area (Å²) in [6, 6.07) is 4.76. The van der Waals surface area contributed by atoms with Crippen molar-refractivity contribution in [2.24, 2.45) is 5.92 Å². The number of hydrogen-bond acceptors (Lipinski definition) is 4. The lowest BCUT2D eigenvalue weighted by Gasteiger charge is -2.20. The van der Waals surface area contributed by atoms with E-state index in [1.807, 2.05) is 0 Å². The van der Waals surface area contributed by atoms with E-state index in [1.54, 1.807) is 19.1 Å². The van der Waals surface area contributed by atoms with E-state index < -0.39 is 4.92 Å². The summed E-state index contributed by atoms with van der Waals surface area (Å²) >= 11 is 0. The summed E-state index contributed by atoms with van der Waals surface area (Å²) in [7, 11) is 0. The fourth-order valence-corrected chi connectivity index (χ4v) is 2.58. The molecule has 1 fully saturated rings. The van der Waals surface area contributed by atoms with Crippen LogP contribution in [0, 0.1) is 23.0 Å². The molecule has 0 bridgehead atoms. The third-order valence-electron chi connectivity index (χ3n) is 3.74. The maximum absolute atomic E-state index is 12.0. The largest absolute Gasteiger partial charge is 0.479 e. The zero-order valence-electron chi connectivity index (χ0n) is 11.6. The van der Waals surface area contributed by atoms with Gasteiger partial charge in [0.1, 0.15) is 6.61 Å². The van der Waals surface area contributed by atoms with Gasteiger partial charge in [-0.3, -0.25) is 14.9 Å². The molecular weight excluding hydrogens is 258 g/mol. The lowest BCUT2D eigenvalue weighted by molar-refractivity contribution is -0.385. The molecule has 20 heavy (non-hydrogen) atoms. The fraction of sp³-hybridized carbons (Fsp3) is 0.533. The Kier molecular flexibility index (Phi) is 4.71. The first-order valence-electron chi connectivity index (χ1n) is 6.98. The second kappa shape index (κ2) is 6.50. The van der Waals surface area contributed by atoms with Crippen LogP contribution in [0.5, 0.6) is 5.75 Å². The molecule has 1 aliphatic carbocycles. The van der Waals surface area contributed by atoms with Gasteiger partial charge in [0.05, 0.1) is 4.92 Å². The van der Waals surface area contributed by atoms with Crippen LogP contribution in [0.3, 0.4) is 0 Å². The van der Waals surface area contributed by atoms with Crippen molar-refractivity contribution in [3.05, 3.63) is 33.9 Å². The maximum atomic E-state index is 12.0. The number of benzene rings is 1. The number of carbonyl (C=O) groups excluding carboxylic acids is 1. The number of carbonyl (C=O) groups is 1. The number of ketones is 1. The Morgan fingerprint density at radius 3 is 2.70 bits per heavy atom. The molecule has 0 N–H and O–H groups in total. The van der Waals surface area contributed by atoms with E-state index in [1.165, 1.54) is 12.5 Å². The fourth-order valence-electron chi connectivity index (χ4n) is 2.58. The molecule has 0 unspecified atom stereocenters. The van der Waals surface area contributed by atoms with Gasteiger partial charge in [0, 0.05) is 12.0 Å². The SMILES string of the molecule is Cc1ccc(OCC(=O)C2CCCCC2)c([N+](=O)[O-])c1. The molecule has 0 radical (unpaired) electrons. The second-order valence-electron chi connectivity index (χ2n) is 5.32. The van der Waals surface area contributed by atoms with Crippen molar-refractivity contribution >= 4 is 11.5 Å². The summed E-state index contributed by atoms with van der Waals surface area (Å²) in [5, 5.41) is 11.0. The minimum Gasteiger partial charge on any atom is -0.479 e. The van der Waals surface area contributed by atoms with Crippen molar-refractivity contribution in [1.29, 1.82) is 0 Å². The first-order valence-corrected chi connectivity index (χ1v) is 6.98. The number of Topliss-reactive ketones (excluding diaryl/α,β-unsaturated/α-hetero) is 1. The van der Waals surface area contributed by atoms with Crippen molar-refractivity contribution in [3.63, 3.8) is 0 Å². The van der Waals surface area contributed by atoms with Gasteiger partial charge >= 0.3 is 5.69 Å². The van der Waals surface area contributed by atoms with Gasteiger partial charge in [0.2, 0.25) is 0 Å². The molecule has 1 aliphatic rings. The Bertz CT molecular complexity index is 507. The first-order chi connectivity index (χ1) is 9.58. The summed E-state index contributed by atoms with van der Waals surface area (Å²) in [6.45, 7) is 1.71. The summed E-state index contributed by atoms with van der Waals surface area (Å²) in [5.41, 5.74) is 0.712. The number of hydrogen-bond donors (Lipinski definition) is 0. The van der Waals surface area contributed by atoms with E-state index in [-0.39, 0.29) is 29.7 Å². The van der Waals surface area contributed by atoms with Crippen molar-refractivity contribution in [3.8, 4) is 5.75 Å². The van der Waals surface area contributed by atoms with Crippen LogP contribution in [0.15, 0.2) is 18.2 Å². The van der Waals surface area contributed by atoms with Crippen LogP contribution in [0.2, 0.25) is 0 Å². The van der Waals surface area contributed by atoms with Crippen LogP contribution in [0.4, 0.5) is 5.69 Å². The zero-order chi connectivity index (χ0) is 14.5. The van der Waals surface area contributed by atoms with Crippen LogP contribution in [0.1, 0.15) is 37.7 Å². The Morgan fingerprint density at radius 2 is 2.05 bits per heavy atom. The molecule has 0 amide bonds. The first kappa shape index (κ1) is 14.5. The highest BCUT2D eigenvalue weighted by Crippen LogP contribution is 2.29. The standard InChI is InChI=1S/C15H19NO4/c1-11-7-8-15(13(9-11)16(18)19)20-10-14(17)12-5-3-2-4-6-12/h7-9,12H,2-6,10H2,1H3. The summed E-state index contributed by atoms with van der Waals surface area (Å²) in [6.07, 6.45) is 5.19. The Labute approximate surface area is 118 Å². The van der Waals surface area contributed by atoms with E-state index in [0.29, 0.717) is 0 Å². The molecule has 5 heteroatoms. The Balaban J connectivity index is 1.99. The molecule has 0 aromatic heterocycles. The molecule has 0 atom stereocenters. The van der Waals surface area contributed by atoms with Gasteiger partial charge in [-0.1, -0.05) is 25.3 Å². The number of nitrogens with zero attached hydrogens (tertiary/aromatic N) is 1. The molecule has 0 aliphatic heterocycles. The third-order valence-corrected chi connectivity index (χ3v) is 3.74. The number of ether oxygens (including phenoxy) is 1. The minimum atomic E-state index is -0.479. The maximum Gasteiger partial charge on any atom is 0.311 e. The summed E-state index contributed by atoms with van der Waals surface area (Å²) in [4.78, 5) is 22.5. The van der Waals surface area contributed by atoms with E-state index in [9.17, 15) is 14.9 Å². The smallest absolute Gasteiger partial charge is 0.311 e. The van der Waals surface area contributed by atoms with Crippen molar-refractivity contribution in [2.45, 2.75) is 39.0 Å². The molecular formula is C15H19NO4. The molecule has 1 aromatic rings. The van der Waals surface area contributed by atoms with Gasteiger partial charge in [-0.2, -0.15) is 0 Å². The number of rotatable bonds is 5. The molecule has 0 heterocycles. The predicted octanol–water partition coefficient (Wildman–Crippen LogP) is 3.43. The third kappa shape index (κ3) is 3.56. The number of aryl methyl sites for hydroxylation is 1. The number of nitro benzene ring substituents is 1. The summed E-state index contributed by atoms with van der Waals surface area (Å²) < 4.78 is 5.38. The topological polar surface area (TPSA) is 69.4 Å². The minimum absolute atomic E-state index is 0.0552. The Hall–Kier alpha value is -1.91. The van der Waals surface area contributed by atoms with Gasteiger partial charge in [-0.25, -0.2) is 0 Å². The molecule has 0 spiro atoms. The van der Waals surface area contributed by atoms with Gasteiger partial charge in [-0.15, -0.1) is 0 Å². The lowest BCUT2D eigenvalue weighted by atomic mass is 9.86. The van der Waals surface area contributed by atoms with E-state index in [2.05, 4.69) is 0 Å². The van der Waals surface area contributed by atoms with Crippen LogP contribution in [-0.2, 0) is 4.79 Å². The monoisotopic (exact) mass is 277 g/mol. The van der Waals surface area contributed by atoms with Crippen molar-refractivity contribution in [2.75, 3.05) is 6.61 Å². The van der Waals surface area contributed by atoms with Crippen molar-refractivity contribution < 1.29 is 14.5 Å². The van der Waals surface area contributed by atoms with Gasteiger partial charge in [-0.05, 0) is 31.4 Å². The average molecular weight is 277 g/mol. The van der Waals surface area contributed by atoms with Gasteiger partial charge in [0.25, 0.3) is 0 Å². The molecule has 0 saturated heterocycles. The molecule has 1 saturated carbocycles. The molecule has 1 aromatic carbocycles. The van der Waals surface area contributed by atoms with Crippen LogP contribution < -0.4 is 4.74 Å². The highest BCUT2D eigenvalue weighted by atomic mass is 16.6. The molecule has 5 nitrogen and oxygen atoms in total. The van der Waals surface area contributed by atoms with Crippen LogP contribution in [-0.4, -0.2) is 17.3 Å². The molecule has 2 rings (SSSR count). The highest BCUT2D eigenvalue weighted by molar-refractivity contribution is 5.82. The van der Waals surface area contributed by atoms with Gasteiger partial charge in [0.15, 0.2) is 11.5 Å². The van der Waals surface area contributed by atoms with E-state index in [4.69, 9.17) is 4.74 Å². The quantitative estimate of drug-likeness (QED) is 0.610. The van der Waals surface area contributed by atoms with Crippen LogP contribution in [0.25, 0.3) is 0 Å².